The summed E-state index contributed by atoms with van der Waals surface area (Å²) in [5.41, 5.74) is 5.59. The number of carbonyl (C=O) groups is 3. The van der Waals surface area contributed by atoms with Crippen molar-refractivity contribution in [1.29, 1.82) is 0 Å². The van der Waals surface area contributed by atoms with Crippen molar-refractivity contribution in [2.24, 2.45) is 5.73 Å². The lowest BCUT2D eigenvalue weighted by Crippen LogP contribution is -2.31. The molecule has 0 saturated heterocycles. The molecule has 0 spiro atoms. The Morgan fingerprint density at radius 3 is 1.75 bits per heavy atom. The summed E-state index contributed by atoms with van der Waals surface area (Å²) in [5, 5.41) is 4.24. The summed E-state index contributed by atoms with van der Waals surface area (Å²) in [6.07, 6.45) is 7.76. The first-order valence-corrected chi connectivity index (χ1v) is 8.87. The summed E-state index contributed by atoms with van der Waals surface area (Å²) in [6.45, 7) is 2.00. The monoisotopic (exact) mass is 436 g/mol. The topological polar surface area (TPSA) is 108 Å². The summed E-state index contributed by atoms with van der Waals surface area (Å²) in [5.74, 6) is -0.762. The van der Waals surface area contributed by atoms with Crippen molar-refractivity contribution >= 4 is 47.9 Å². The zero-order valence-electron chi connectivity index (χ0n) is 16.7. The SMILES string of the molecule is C1=CCCC1.C=O.CNc1cc(Cl)cc(Cl)c1.COC.COC(C=O)C(N)=O. The minimum Gasteiger partial charge on any atom is -0.388 e. The Bertz CT molecular complexity index is 531. The van der Waals surface area contributed by atoms with E-state index in [9.17, 15) is 9.59 Å². The minimum absolute atomic E-state index is 0.350. The van der Waals surface area contributed by atoms with Gasteiger partial charge in [0.1, 0.15) is 6.79 Å². The number of amides is 1. The Morgan fingerprint density at radius 1 is 1.14 bits per heavy atom. The van der Waals surface area contributed by atoms with Gasteiger partial charge in [-0.1, -0.05) is 35.4 Å². The fourth-order valence-corrected chi connectivity index (χ4v) is 2.05. The number of carbonyl (C=O) groups excluding carboxylic acids is 3. The predicted molar refractivity (Wildman–Crippen MR) is 115 cm³/mol. The highest BCUT2D eigenvalue weighted by atomic mass is 35.5. The molecule has 0 fully saturated rings. The smallest absolute Gasteiger partial charge is 0.253 e. The fraction of sp³-hybridized carbons (Fsp3) is 0.421. The summed E-state index contributed by atoms with van der Waals surface area (Å²) in [4.78, 5) is 27.8. The molecule has 1 unspecified atom stereocenters. The van der Waals surface area contributed by atoms with E-state index in [1.807, 2.05) is 26.0 Å². The third kappa shape index (κ3) is 20.4. The zero-order valence-corrected chi connectivity index (χ0v) is 18.3. The predicted octanol–water partition coefficient (Wildman–Crippen LogP) is 3.52. The van der Waals surface area contributed by atoms with E-state index in [-0.39, 0.29) is 0 Å². The van der Waals surface area contributed by atoms with Crippen LogP contribution in [0.5, 0.6) is 0 Å². The highest BCUT2D eigenvalue weighted by molar-refractivity contribution is 6.35. The Kier molecular flexibility index (Phi) is 25.4. The van der Waals surface area contributed by atoms with E-state index in [0.29, 0.717) is 16.3 Å². The molecule has 2 rings (SSSR count). The lowest BCUT2D eigenvalue weighted by Gasteiger charge is -1.99. The Morgan fingerprint density at radius 2 is 1.57 bits per heavy atom. The van der Waals surface area contributed by atoms with Crippen LogP contribution in [0.15, 0.2) is 30.4 Å². The standard InChI is InChI=1S/C7H7Cl2N.C5H8.C4H7NO3.C2H6O.CH2O/c1-10-7-3-5(8)2-6(9)4-7;1-2-4-5-3-1;1-8-3(2-6)4(5)7;1-3-2;1-2/h2-4,10H,1H3;1-2H,3-5H2;2-3H,1H3,(H2,5,7);1-2H3;1H2. The van der Waals surface area contributed by atoms with Crippen LogP contribution >= 0.6 is 23.2 Å². The quantitative estimate of drug-likeness (QED) is 0.424. The molecule has 28 heavy (non-hydrogen) atoms. The third-order valence-corrected chi connectivity index (χ3v) is 3.15. The van der Waals surface area contributed by atoms with Gasteiger partial charge < -0.3 is 25.3 Å². The number of nitrogens with one attached hydrogen (secondary N) is 1. The van der Waals surface area contributed by atoms with Crippen LogP contribution in [0.2, 0.25) is 10.0 Å². The van der Waals surface area contributed by atoms with Gasteiger partial charge in [-0.15, -0.1) is 0 Å². The first-order chi connectivity index (χ1) is 13.4. The van der Waals surface area contributed by atoms with E-state index in [4.69, 9.17) is 28.0 Å². The Balaban J connectivity index is -0.000000310. The van der Waals surface area contributed by atoms with Crippen LogP contribution in [0.3, 0.4) is 0 Å². The van der Waals surface area contributed by atoms with Crippen molar-refractivity contribution in [2.75, 3.05) is 33.7 Å². The van der Waals surface area contributed by atoms with E-state index in [1.165, 1.54) is 26.4 Å². The molecule has 1 aromatic rings. The number of nitrogens with two attached hydrogens (primary N) is 1. The highest BCUT2D eigenvalue weighted by Crippen LogP contribution is 2.21. The fourth-order valence-electron chi connectivity index (χ4n) is 1.53. The van der Waals surface area contributed by atoms with Gasteiger partial charge in [0.2, 0.25) is 0 Å². The molecule has 1 atom stereocenters. The van der Waals surface area contributed by atoms with Gasteiger partial charge >= 0.3 is 0 Å². The molecule has 1 aromatic carbocycles. The number of rotatable bonds is 4. The molecule has 1 aliphatic carbocycles. The number of hydrogen-bond acceptors (Lipinski definition) is 6. The molecule has 0 bridgehead atoms. The molecule has 0 aromatic heterocycles. The van der Waals surface area contributed by atoms with E-state index >= 15 is 0 Å². The van der Waals surface area contributed by atoms with Crippen LogP contribution in [-0.4, -0.2) is 53.5 Å². The van der Waals surface area contributed by atoms with Crippen molar-refractivity contribution in [3.8, 4) is 0 Å². The molecule has 9 heteroatoms. The van der Waals surface area contributed by atoms with E-state index in [0.717, 1.165) is 5.69 Å². The normalized spacial score (nSPS) is 11.5. The Labute approximate surface area is 177 Å². The zero-order chi connectivity index (χ0) is 22.4. The lowest BCUT2D eigenvalue weighted by atomic mass is 10.3. The molecule has 0 radical (unpaired) electrons. The maximum absolute atomic E-state index is 10.0. The summed E-state index contributed by atoms with van der Waals surface area (Å²) in [6, 6.07) is 5.32. The van der Waals surface area contributed by atoms with Crippen LogP contribution in [0.1, 0.15) is 19.3 Å². The molecule has 0 heterocycles. The Hall–Kier alpha value is -1.93. The van der Waals surface area contributed by atoms with Crippen LogP contribution in [0, 0.1) is 0 Å². The van der Waals surface area contributed by atoms with Crippen LogP contribution in [0.4, 0.5) is 5.69 Å². The maximum Gasteiger partial charge on any atom is 0.253 e. The number of methoxy groups -OCH3 is 2. The average molecular weight is 437 g/mol. The number of halogens is 2. The van der Waals surface area contributed by atoms with E-state index < -0.39 is 12.0 Å². The first kappa shape index (κ1) is 30.8. The second-order valence-corrected chi connectivity index (χ2v) is 5.79. The molecule has 3 N–H and O–H groups in total. The molecule has 0 saturated carbocycles. The molecular formula is C19H30Cl2N2O5. The first-order valence-electron chi connectivity index (χ1n) is 8.11. The second-order valence-electron chi connectivity index (χ2n) is 4.91. The molecule has 1 amide bonds. The summed E-state index contributed by atoms with van der Waals surface area (Å²) < 4.78 is 8.57. The van der Waals surface area contributed by atoms with Gasteiger partial charge in [0.25, 0.3) is 5.91 Å². The number of anilines is 1. The number of aldehydes is 1. The van der Waals surface area contributed by atoms with Crippen molar-refractivity contribution in [1.82, 2.24) is 0 Å². The van der Waals surface area contributed by atoms with Gasteiger partial charge in [0, 0.05) is 44.1 Å². The largest absolute Gasteiger partial charge is 0.388 e. The van der Waals surface area contributed by atoms with Crippen LogP contribution < -0.4 is 11.1 Å². The lowest BCUT2D eigenvalue weighted by molar-refractivity contribution is -0.133. The van der Waals surface area contributed by atoms with Crippen molar-refractivity contribution in [3.63, 3.8) is 0 Å². The van der Waals surface area contributed by atoms with Crippen LogP contribution in [-0.2, 0) is 23.9 Å². The van der Waals surface area contributed by atoms with Gasteiger partial charge in [-0.3, -0.25) is 9.59 Å². The number of primary amides is 1. The van der Waals surface area contributed by atoms with E-state index in [2.05, 4.69) is 32.7 Å². The third-order valence-electron chi connectivity index (χ3n) is 2.72. The van der Waals surface area contributed by atoms with Gasteiger partial charge in [-0.2, -0.15) is 0 Å². The highest BCUT2D eigenvalue weighted by Gasteiger charge is 2.10. The molecule has 0 aliphatic heterocycles. The van der Waals surface area contributed by atoms with Gasteiger partial charge in [-0.25, -0.2) is 0 Å². The number of benzene rings is 1. The number of ether oxygens (including phenoxy) is 2. The van der Waals surface area contributed by atoms with Gasteiger partial charge in [0.15, 0.2) is 12.4 Å². The molecule has 160 valence electrons. The molecule has 1 aliphatic rings. The number of hydrogen-bond donors (Lipinski definition) is 2. The molecule has 7 nitrogen and oxygen atoms in total. The second kappa shape index (κ2) is 23.1. The van der Waals surface area contributed by atoms with Crippen LogP contribution in [0.25, 0.3) is 0 Å². The van der Waals surface area contributed by atoms with Gasteiger partial charge in [-0.05, 0) is 37.5 Å². The van der Waals surface area contributed by atoms with Crippen molar-refractivity contribution in [3.05, 3.63) is 40.4 Å². The molecular weight excluding hydrogens is 407 g/mol. The van der Waals surface area contributed by atoms with Crippen molar-refractivity contribution in [2.45, 2.75) is 25.4 Å². The van der Waals surface area contributed by atoms with Gasteiger partial charge in [0.05, 0.1) is 0 Å². The average Bonchev–Trinajstić information content (AvgIpc) is 3.24. The summed E-state index contributed by atoms with van der Waals surface area (Å²) >= 11 is 11.4. The number of allylic oxidation sites excluding steroid dienone is 2. The summed E-state index contributed by atoms with van der Waals surface area (Å²) in [7, 11) is 6.31. The van der Waals surface area contributed by atoms with Crippen molar-refractivity contribution < 1.29 is 23.9 Å². The minimum atomic E-state index is -1.09. The maximum atomic E-state index is 10.0. The van der Waals surface area contributed by atoms with E-state index in [1.54, 1.807) is 20.3 Å².